The van der Waals surface area contributed by atoms with Gasteiger partial charge in [0.25, 0.3) is 5.91 Å². The quantitative estimate of drug-likeness (QED) is 0.859. The van der Waals surface area contributed by atoms with Gasteiger partial charge in [0.2, 0.25) is 0 Å². The van der Waals surface area contributed by atoms with Gasteiger partial charge in [-0.25, -0.2) is 13.2 Å². The molecule has 0 aromatic heterocycles. The van der Waals surface area contributed by atoms with E-state index < -0.39 is 34.5 Å². The van der Waals surface area contributed by atoms with Crippen LogP contribution in [0.25, 0.3) is 0 Å². The molecule has 2 aromatic carbocycles. The van der Waals surface area contributed by atoms with Crippen molar-refractivity contribution in [2.45, 2.75) is 24.8 Å². The third-order valence-corrected chi connectivity index (χ3v) is 4.25. The van der Waals surface area contributed by atoms with Crippen molar-refractivity contribution in [2.24, 2.45) is 0 Å². The average molecular weight is 330 g/mol. The Labute approximate surface area is 136 Å². The summed E-state index contributed by atoms with van der Waals surface area (Å²) in [5.41, 5.74) is 0.193. The number of aryl methyl sites for hydroxylation is 1. The maximum Gasteiger partial charge on any atom is 0.255 e. The van der Waals surface area contributed by atoms with Crippen LogP contribution in [0, 0.1) is 28.8 Å². The van der Waals surface area contributed by atoms with Crippen LogP contribution < -0.4 is 5.32 Å². The minimum Gasteiger partial charge on any atom is -0.333 e. The summed E-state index contributed by atoms with van der Waals surface area (Å²) in [5, 5.41) is 12.0. The van der Waals surface area contributed by atoms with E-state index in [4.69, 9.17) is 0 Å². The van der Waals surface area contributed by atoms with Crippen LogP contribution in [0.1, 0.15) is 27.9 Å². The van der Waals surface area contributed by atoms with Gasteiger partial charge in [-0.2, -0.15) is 5.26 Å². The van der Waals surface area contributed by atoms with Crippen LogP contribution in [-0.4, -0.2) is 11.4 Å². The predicted octanol–water partition coefficient (Wildman–Crippen LogP) is 3.28. The molecule has 1 unspecified atom stereocenters. The number of carbonyl (C=O) groups excluding carboxylic acids is 1. The number of halogens is 3. The minimum absolute atomic E-state index is 0.275. The monoisotopic (exact) mass is 330 g/mol. The Kier molecular flexibility index (Phi) is 4.02. The van der Waals surface area contributed by atoms with E-state index in [-0.39, 0.29) is 6.42 Å². The summed E-state index contributed by atoms with van der Waals surface area (Å²) in [6, 6.07) is 10.5. The normalized spacial score (nSPS) is 19.2. The summed E-state index contributed by atoms with van der Waals surface area (Å²) in [4.78, 5) is 12.3. The highest BCUT2D eigenvalue weighted by Gasteiger charge is 2.36. The van der Waals surface area contributed by atoms with Crippen LogP contribution in [0.5, 0.6) is 0 Å². The smallest absolute Gasteiger partial charge is 0.255 e. The molecule has 1 atom stereocenters. The lowest BCUT2D eigenvalue weighted by atomic mass is 9.78. The average Bonchev–Trinajstić information content (AvgIpc) is 2.58. The number of nitrogens with one attached hydrogen (secondary N) is 1. The van der Waals surface area contributed by atoms with Gasteiger partial charge >= 0.3 is 0 Å². The molecule has 3 rings (SSSR count). The summed E-state index contributed by atoms with van der Waals surface area (Å²) in [6.07, 6.45) is 1.22. The van der Waals surface area contributed by atoms with Crippen molar-refractivity contribution in [1.29, 1.82) is 5.26 Å². The molecule has 0 spiro atoms. The SMILES string of the molecule is N#CC1(NC(=O)c2cc(F)c(F)cc2F)CCc2ccccc2C1. The Balaban J connectivity index is 1.88. The molecule has 0 radical (unpaired) electrons. The van der Waals surface area contributed by atoms with Crippen molar-refractivity contribution < 1.29 is 18.0 Å². The van der Waals surface area contributed by atoms with Crippen molar-refractivity contribution in [3.05, 3.63) is 70.5 Å². The van der Waals surface area contributed by atoms with Crippen molar-refractivity contribution in [3.8, 4) is 6.07 Å². The molecule has 0 saturated heterocycles. The number of hydrogen-bond acceptors (Lipinski definition) is 2. The molecule has 3 nitrogen and oxygen atoms in total. The van der Waals surface area contributed by atoms with Gasteiger partial charge in [-0.15, -0.1) is 0 Å². The Hall–Kier alpha value is -2.81. The van der Waals surface area contributed by atoms with E-state index in [2.05, 4.69) is 11.4 Å². The number of nitriles is 1. The van der Waals surface area contributed by atoms with Gasteiger partial charge in [-0.05, 0) is 30.0 Å². The van der Waals surface area contributed by atoms with Gasteiger partial charge in [0.1, 0.15) is 11.4 Å². The number of carbonyl (C=O) groups is 1. The Bertz CT molecular complexity index is 860. The lowest BCUT2D eigenvalue weighted by Gasteiger charge is -2.33. The number of benzene rings is 2. The Morgan fingerprint density at radius 2 is 1.75 bits per heavy atom. The maximum atomic E-state index is 13.8. The van der Waals surface area contributed by atoms with Crippen molar-refractivity contribution in [3.63, 3.8) is 0 Å². The number of nitrogens with zero attached hydrogens (tertiary/aromatic N) is 1. The van der Waals surface area contributed by atoms with Gasteiger partial charge < -0.3 is 5.32 Å². The molecule has 1 aliphatic carbocycles. The van der Waals surface area contributed by atoms with Gasteiger partial charge in [0.15, 0.2) is 11.6 Å². The maximum absolute atomic E-state index is 13.8. The molecule has 24 heavy (non-hydrogen) atoms. The standard InChI is InChI=1S/C18H13F3N2O/c19-14-8-16(21)15(20)7-13(14)17(24)23-18(10-22)6-5-11-3-1-2-4-12(11)9-18/h1-4,7-8H,5-6,9H2,(H,23,24). The third-order valence-electron chi connectivity index (χ3n) is 4.25. The van der Waals surface area contributed by atoms with Crippen LogP contribution in [0.15, 0.2) is 36.4 Å². The molecule has 0 saturated carbocycles. The molecule has 1 aliphatic rings. The van der Waals surface area contributed by atoms with Crippen molar-refractivity contribution >= 4 is 5.91 Å². The first kappa shape index (κ1) is 16.1. The Morgan fingerprint density at radius 3 is 2.46 bits per heavy atom. The zero-order chi connectivity index (χ0) is 17.3. The van der Waals surface area contributed by atoms with Crippen molar-refractivity contribution in [2.75, 3.05) is 0 Å². The molecule has 0 heterocycles. The summed E-state index contributed by atoms with van der Waals surface area (Å²) >= 11 is 0. The fourth-order valence-corrected chi connectivity index (χ4v) is 2.95. The third kappa shape index (κ3) is 2.85. The summed E-state index contributed by atoms with van der Waals surface area (Å²) in [7, 11) is 0. The molecule has 1 amide bonds. The summed E-state index contributed by atoms with van der Waals surface area (Å²) < 4.78 is 40.0. The van der Waals surface area contributed by atoms with Crippen LogP contribution in [-0.2, 0) is 12.8 Å². The number of hydrogen-bond donors (Lipinski definition) is 1. The molecule has 0 bridgehead atoms. The second-order valence-electron chi connectivity index (χ2n) is 5.84. The lowest BCUT2D eigenvalue weighted by Crippen LogP contribution is -2.51. The van der Waals surface area contributed by atoms with Gasteiger partial charge in [0.05, 0.1) is 11.6 Å². The first-order valence-electron chi connectivity index (χ1n) is 7.39. The highest BCUT2D eigenvalue weighted by Crippen LogP contribution is 2.29. The topological polar surface area (TPSA) is 52.9 Å². The fraction of sp³-hybridized carbons (Fsp3) is 0.222. The highest BCUT2D eigenvalue weighted by molar-refractivity contribution is 5.95. The van der Waals surface area contributed by atoms with E-state index in [9.17, 15) is 23.2 Å². The second kappa shape index (κ2) is 6.00. The molecule has 0 fully saturated rings. The molecular weight excluding hydrogens is 317 g/mol. The first-order valence-corrected chi connectivity index (χ1v) is 7.39. The molecule has 122 valence electrons. The first-order chi connectivity index (χ1) is 11.4. The van der Waals surface area contributed by atoms with E-state index in [1.165, 1.54) is 0 Å². The lowest BCUT2D eigenvalue weighted by molar-refractivity contribution is 0.0908. The minimum atomic E-state index is -1.37. The predicted molar refractivity (Wildman–Crippen MR) is 80.6 cm³/mol. The number of amides is 1. The van der Waals surface area contributed by atoms with Crippen molar-refractivity contribution in [1.82, 2.24) is 5.32 Å². The van der Waals surface area contributed by atoms with Gasteiger partial charge in [-0.3, -0.25) is 4.79 Å². The van der Waals surface area contributed by atoms with Crippen LogP contribution in [0.3, 0.4) is 0 Å². The van der Waals surface area contributed by atoms with Crippen LogP contribution >= 0.6 is 0 Å². The summed E-state index contributed by atoms with van der Waals surface area (Å²) in [5.74, 6) is -4.80. The fourth-order valence-electron chi connectivity index (χ4n) is 2.95. The van der Waals surface area contributed by atoms with Crippen LogP contribution in [0.2, 0.25) is 0 Å². The van der Waals surface area contributed by atoms with Gasteiger partial charge in [0, 0.05) is 12.5 Å². The van der Waals surface area contributed by atoms with E-state index >= 15 is 0 Å². The second-order valence-corrected chi connectivity index (χ2v) is 5.84. The molecule has 2 aromatic rings. The molecular formula is C18H13F3N2O. The highest BCUT2D eigenvalue weighted by atomic mass is 19.2. The summed E-state index contributed by atoms with van der Waals surface area (Å²) in [6.45, 7) is 0. The van der Waals surface area contributed by atoms with E-state index in [0.29, 0.717) is 25.0 Å². The zero-order valence-electron chi connectivity index (χ0n) is 12.6. The van der Waals surface area contributed by atoms with E-state index in [0.717, 1.165) is 11.1 Å². The zero-order valence-corrected chi connectivity index (χ0v) is 12.6. The Morgan fingerprint density at radius 1 is 1.08 bits per heavy atom. The van der Waals surface area contributed by atoms with E-state index in [1.807, 2.05) is 24.3 Å². The number of fused-ring (bicyclic) bond motifs is 1. The molecule has 0 aliphatic heterocycles. The largest absolute Gasteiger partial charge is 0.333 e. The molecule has 1 N–H and O–H groups in total. The van der Waals surface area contributed by atoms with E-state index in [1.54, 1.807) is 0 Å². The molecule has 6 heteroatoms. The van der Waals surface area contributed by atoms with Crippen LogP contribution in [0.4, 0.5) is 13.2 Å². The van der Waals surface area contributed by atoms with Gasteiger partial charge in [-0.1, -0.05) is 24.3 Å². The number of rotatable bonds is 2.